The molecule has 0 fully saturated rings. The third-order valence-corrected chi connectivity index (χ3v) is 4.29. The molecule has 0 spiro atoms. The Morgan fingerprint density at radius 1 is 1.14 bits per heavy atom. The fourth-order valence-electron chi connectivity index (χ4n) is 1.71. The van der Waals surface area contributed by atoms with Crippen molar-refractivity contribution in [1.29, 1.82) is 5.26 Å². The van der Waals surface area contributed by atoms with E-state index >= 15 is 0 Å². The summed E-state index contributed by atoms with van der Waals surface area (Å²) < 4.78 is 23.8. The van der Waals surface area contributed by atoms with E-state index in [9.17, 15) is 8.42 Å². The van der Waals surface area contributed by atoms with Crippen LogP contribution < -0.4 is 16.2 Å². The third kappa shape index (κ3) is 3.52. The average Bonchev–Trinajstić information content (AvgIpc) is 2.41. The standard InChI is InChI=1S/C13H11BrN4O2S/c14-10-5-8(7-15)1-3-11(10)18-12-4-2-9(16)6-13(12)21(17,19)20/h1-6,18H,16H2,(H2,17,19,20). The van der Waals surface area contributed by atoms with Gasteiger partial charge in [-0.05, 0) is 52.3 Å². The maximum atomic E-state index is 11.6. The van der Waals surface area contributed by atoms with Gasteiger partial charge in [0.15, 0.2) is 0 Å². The highest BCUT2D eigenvalue weighted by molar-refractivity contribution is 9.10. The molecule has 2 rings (SSSR count). The Balaban J connectivity index is 2.48. The number of hydrogen-bond donors (Lipinski definition) is 3. The van der Waals surface area contributed by atoms with Gasteiger partial charge in [0, 0.05) is 10.2 Å². The second kappa shape index (κ2) is 5.73. The topological polar surface area (TPSA) is 122 Å². The molecule has 0 bridgehead atoms. The summed E-state index contributed by atoms with van der Waals surface area (Å²) in [5, 5.41) is 17.0. The first-order valence-corrected chi connectivity index (χ1v) is 8.04. The highest BCUT2D eigenvalue weighted by Crippen LogP contribution is 2.30. The Morgan fingerprint density at radius 2 is 1.81 bits per heavy atom. The van der Waals surface area contributed by atoms with Gasteiger partial charge < -0.3 is 11.1 Å². The highest BCUT2D eigenvalue weighted by atomic mass is 79.9. The third-order valence-electron chi connectivity index (χ3n) is 2.68. The quantitative estimate of drug-likeness (QED) is 0.719. The van der Waals surface area contributed by atoms with Crippen molar-refractivity contribution < 1.29 is 8.42 Å². The minimum atomic E-state index is -3.91. The SMILES string of the molecule is N#Cc1ccc(Nc2ccc(N)cc2S(N)(=O)=O)c(Br)c1. The van der Waals surface area contributed by atoms with Crippen LogP contribution in [-0.4, -0.2) is 8.42 Å². The number of anilines is 3. The van der Waals surface area contributed by atoms with E-state index in [0.29, 0.717) is 27.1 Å². The molecule has 6 nitrogen and oxygen atoms in total. The van der Waals surface area contributed by atoms with Gasteiger partial charge >= 0.3 is 0 Å². The van der Waals surface area contributed by atoms with Crippen LogP contribution in [0.2, 0.25) is 0 Å². The van der Waals surface area contributed by atoms with Gasteiger partial charge in [-0.25, -0.2) is 13.6 Å². The molecule has 2 aromatic rings. The van der Waals surface area contributed by atoms with Crippen molar-refractivity contribution in [2.24, 2.45) is 5.14 Å². The molecule has 0 atom stereocenters. The van der Waals surface area contributed by atoms with Crippen molar-refractivity contribution in [1.82, 2.24) is 0 Å². The summed E-state index contributed by atoms with van der Waals surface area (Å²) in [6.07, 6.45) is 0. The number of nitriles is 1. The molecular formula is C13H11BrN4O2S. The predicted molar refractivity (Wildman–Crippen MR) is 84.4 cm³/mol. The summed E-state index contributed by atoms with van der Waals surface area (Å²) >= 11 is 3.32. The molecule has 0 unspecified atom stereocenters. The number of nitrogens with two attached hydrogens (primary N) is 2. The number of nitrogens with zero attached hydrogens (tertiary/aromatic N) is 1. The molecular weight excluding hydrogens is 356 g/mol. The van der Waals surface area contributed by atoms with E-state index < -0.39 is 10.0 Å². The fraction of sp³-hybridized carbons (Fsp3) is 0. The van der Waals surface area contributed by atoms with E-state index in [1.165, 1.54) is 12.1 Å². The second-order valence-corrected chi connectivity index (χ2v) is 6.62. The number of benzene rings is 2. The van der Waals surface area contributed by atoms with Crippen molar-refractivity contribution in [3.8, 4) is 6.07 Å². The van der Waals surface area contributed by atoms with Gasteiger partial charge in [-0.15, -0.1) is 0 Å². The largest absolute Gasteiger partial charge is 0.399 e. The van der Waals surface area contributed by atoms with Crippen LogP contribution in [0, 0.1) is 11.3 Å². The Hall–Kier alpha value is -2.08. The number of rotatable bonds is 3. The summed E-state index contributed by atoms with van der Waals surface area (Å²) in [5.41, 5.74) is 7.27. The molecule has 0 saturated heterocycles. The van der Waals surface area contributed by atoms with E-state index in [2.05, 4.69) is 21.2 Å². The first-order valence-electron chi connectivity index (χ1n) is 5.70. The van der Waals surface area contributed by atoms with E-state index in [4.69, 9.17) is 16.1 Å². The van der Waals surface area contributed by atoms with Crippen molar-refractivity contribution in [3.63, 3.8) is 0 Å². The van der Waals surface area contributed by atoms with Crippen LogP contribution in [0.4, 0.5) is 17.1 Å². The predicted octanol–water partition coefficient (Wildman–Crippen LogP) is 2.29. The fourth-order valence-corrected chi connectivity index (χ4v) is 2.91. The van der Waals surface area contributed by atoms with E-state index in [-0.39, 0.29) is 4.90 Å². The van der Waals surface area contributed by atoms with Crippen LogP contribution in [-0.2, 0) is 10.0 Å². The Bertz CT molecular complexity index is 844. The molecule has 2 aromatic carbocycles. The van der Waals surface area contributed by atoms with Crippen LogP contribution in [0.1, 0.15) is 5.56 Å². The minimum absolute atomic E-state index is 0.0984. The number of halogens is 1. The zero-order valence-electron chi connectivity index (χ0n) is 10.7. The van der Waals surface area contributed by atoms with E-state index in [1.54, 1.807) is 24.3 Å². The molecule has 0 aliphatic heterocycles. The molecule has 21 heavy (non-hydrogen) atoms. The lowest BCUT2D eigenvalue weighted by Gasteiger charge is -2.13. The van der Waals surface area contributed by atoms with Crippen LogP contribution in [0.15, 0.2) is 45.8 Å². The van der Waals surface area contributed by atoms with Crippen LogP contribution in [0.3, 0.4) is 0 Å². The summed E-state index contributed by atoms with van der Waals surface area (Å²) in [7, 11) is -3.91. The van der Waals surface area contributed by atoms with E-state index in [1.807, 2.05) is 6.07 Å². The van der Waals surface area contributed by atoms with Crippen molar-refractivity contribution >= 4 is 43.0 Å². The summed E-state index contributed by atoms with van der Waals surface area (Å²) in [6, 6.07) is 11.3. The molecule has 8 heteroatoms. The van der Waals surface area contributed by atoms with E-state index in [0.717, 1.165) is 0 Å². The van der Waals surface area contributed by atoms with Gasteiger partial charge in [-0.2, -0.15) is 5.26 Å². The van der Waals surface area contributed by atoms with Crippen molar-refractivity contribution in [3.05, 3.63) is 46.4 Å². The number of nitrogens with one attached hydrogen (secondary N) is 1. The molecule has 0 amide bonds. The molecule has 0 aliphatic carbocycles. The lowest BCUT2D eigenvalue weighted by atomic mass is 10.2. The number of primary sulfonamides is 1. The molecule has 0 saturated carbocycles. The Morgan fingerprint density at radius 3 is 2.38 bits per heavy atom. The zero-order valence-corrected chi connectivity index (χ0v) is 13.1. The van der Waals surface area contributed by atoms with Gasteiger partial charge in [0.2, 0.25) is 10.0 Å². The van der Waals surface area contributed by atoms with Crippen LogP contribution in [0.5, 0.6) is 0 Å². The first kappa shape index (κ1) is 15.3. The lowest BCUT2D eigenvalue weighted by Crippen LogP contribution is -2.14. The molecule has 0 heterocycles. The van der Waals surface area contributed by atoms with Gasteiger partial charge in [-0.1, -0.05) is 0 Å². The maximum absolute atomic E-state index is 11.6. The molecule has 108 valence electrons. The number of nitrogen functional groups attached to an aromatic ring is 1. The summed E-state index contributed by atoms with van der Waals surface area (Å²) in [6.45, 7) is 0. The molecule has 0 aliphatic rings. The molecule has 0 radical (unpaired) electrons. The lowest BCUT2D eigenvalue weighted by molar-refractivity contribution is 0.598. The van der Waals surface area contributed by atoms with Crippen LogP contribution in [0.25, 0.3) is 0 Å². The number of hydrogen-bond acceptors (Lipinski definition) is 5. The van der Waals surface area contributed by atoms with Crippen LogP contribution >= 0.6 is 15.9 Å². The summed E-state index contributed by atoms with van der Waals surface area (Å²) in [4.78, 5) is -0.0984. The van der Waals surface area contributed by atoms with Crippen molar-refractivity contribution in [2.45, 2.75) is 4.90 Å². The Labute approximate surface area is 130 Å². The van der Waals surface area contributed by atoms with Gasteiger partial charge in [-0.3, -0.25) is 0 Å². The molecule has 0 aromatic heterocycles. The molecule has 5 N–H and O–H groups in total. The normalized spacial score (nSPS) is 10.9. The minimum Gasteiger partial charge on any atom is -0.399 e. The summed E-state index contributed by atoms with van der Waals surface area (Å²) in [5.74, 6) is 0. The average molecular weight is 367 g/mol. The zero-order chi connectivity index (χ0) is 15.6. The maximum Gasteiger partial charge on any atom is 0.240 e. The second-order valence-electron chi connectivity index (χ2n) is 4.23. The first-order chi connectivity index (χ1) is 9.81. The van der Waals surface area contributed by atoms with Crippen molar-refractivity contribution in [2.75, 3.05) is 11.1 Å². The smallest absolute Gasteiger partial charge is 0.240 e. The highest BCUT2D eigenvalue weighted by Gasteiger charge is 2.15. The Kier molecular flexibility index (Phi) is 4.18. The van der Waals surface area contributed by atoms with Gasteiger partial charge in [0.1, 0.15) is 4.90 Å². The van der Waals surface area contributed by atoms with Gasteiger partial charge in [0.25, 0.3) is 0 Å². The number of sulfonamides is 1. The van der Waals surface area contributed by atoms with Gasteiger partial charge in [0.05, 0.1) is 23.0 Å². The monoisotopic (exact) mass is 366 g/mol.